The van der Waals surface area contributed by atoms with Gasteiger partial charge in [0.15, 0.2) is 0 Å². The molecule has 0 saturated heterocycles. The van der Waals surface area contributed by atoms with Gasteiger partial charge in [0.2, 0.25) is 6.29 Å². The van der Waals surface area contributed by atoms with Gasteiger partial charge in [0.25, 0.3) is 0 Å². The van der Waals surface area contributed by atoms with Crippen LogP contribution in [0.1, 0.15) is 44.1 Å². The van der Waals surface area contributed by atoms with Gasteiger partial charge in [-0.2, -0.15) is 15.3 Å². The zero-order chi connectivity index (χ0) is 18.9. The van der Waals surface area contributed by atoms with Gasteiger partial charge in [0, 0.05) is 35.7 Å². The van der Waals surface area contributed by atoms with E-state index in [9.17, 15) is 0 Å². The third kappa shape index (κ3) is 5.81. The molecule has 0 saturated carbocycles. The average Bonchev–Trinajstić information content (AvgIpc) is 3.43. The first-order chi connectivity index (χ1) is 12.7. The summed E-state index contributed by atoms with van der Waals surface area (Å²) in [7, 11) is 0. The predicted octanol–water partition coefficient (Wildman–Crippen LogP) is 3.87. The van der Waals surface area contributed by atoms with Gasteiger partial charge >= 0.3 is 0 Å². The number of hydrogen-bond donors (Lipinski definition) is 0. The molecule has 3 heterocycles. The van der Waals surface area contributed by atoms with Crippen molar-refractivity contribution < 1.29 is 17.1 Å². The second kappa shape index (κ2) is 11.4. The summed E-state index contributed by atoms with van der Waals surface area (Å²) < 4.78 is 5.74. The molecule has 0 amide bonds. The molecule has 3 aromatic heterocycles. The Bertz CT molecular complexity index is 723. The number of aryl methyl sites for hydroxylation is 3. The second-order valence-electron chi connectivity index (χ2n) is 5.74. The first-order valence-corrected chi connectivity index (χ1v) is 9.02. The maximum atomic E-state index is 4.65. The van der Waals surface area contributed by atoms with Crippen LogP contribution >= 0.6 is 0 Å². The molecule has 3 rings (SSSR count). The Balaban J connectivity index is 0.000000666. The second-order valence-corrected chi connectivity index (χ2v) is 5.74. The van der Waals surface area contributed by atoms with E-state index in [-0.39, 0.29) is 23.4 Å². The Morgan fingerprint density at radius 3 is 1.22 bits per heavy atom. The summed E-state index contributed by atoms with van der Waals surface area (Å²) in [6, 6.07) is 6.13. The van der Waals surface area contributed by atoms with Gasteiger partial charge in [-0.3, -0.25) is 0 Å². The molecule has 0 aromatic carbocycles. The summed E-state index contributed by atoms with van der Waals surface area (Å²) in [6.45, 7) is 13.0. The fourth-order valence-electron chi connectivity index (χ4n) is 2.45. The van der Waals surface area contributed by atoms with Gasteiger partial charge < -0.3 is 0 Å². The molecule has 0 spiro atoms. The summed E-state index contributed by atoms with van der Waals surface area (Å²) in [5, 5.41) is 13.9. The average molecular weight is 407 g/mol. The van der Waals surface area contributed by atoms with Crippen molar-refractivity contribution in [3.63, 3.8) is 0 Å². The normalized spacial score (nSPS) is 10.1. The summed E-state index contributed by atoms with van der Waals surface area (Å²) >= 11 is 0. The van der Waals surface area contributed by atoms with E-state index in [1.165, 1.54) is 0 Å². The summed E-state index contributed by atoms with van der Waals surface area (Å²) in [4.78, 5) is 0. The number of allylic oxidation sites excluding steroid dienone is 2. The van der Waals surface area contributed by atoms with Crippen LogP contribution in [0.3, 0.4) is 0 Å². The zero-order valence-electron chi connectivity index (χ0n) is 16.3. The van der Waals surface area contributed by atoms with Crippen molar-refractivity contribution >= 4 is 0 Å². The molecular weight excluding hydrogens is 379 g/mol. The van der Waals surface area contributed by atoms with Gasteiger partial charge in [0.1, 0.15) is 0 Å². The molecular formula is C20H28MnN6. The van der Waals surface area contributed by atoms with Crippen molar-refractivity contribution in [2.75, 3.05) is 0 Å². The van der Waals surface area contributed by atoms with Crippen molar-refractivity contribution in [1.29, 1.82) is 0 Å². The van der Waals surface area contributed by atoms with Crippen LogP contribution in [0.4, 0.5) is 0 Å². The van der Waals surface area contributed by atoms with E-state index < -0.39 is 0 Å². The molecule has 3 aromatic rings. The zero-order valence-corrected chi connectivity index (χ0v) is 17.5. The minimum atomic E-state index is -0.208. The van der Waals surface area contributed by atoms with Crippen molar-refractivity contribution in [1.82, 2.24) is 29.3 Å². The minimum Gasteiger partial charge on any atom is -0.227 e. The summed E-state index contributed by atoms with van der Waals surface area (Å²) in [6.07, 6.45) is 11.8. The first-order valence-electron chi connectivity index (χ1n) is 9.02. The van der Waals surface area contributed by atoms with E-state index in [1.807, 2.05) is 50.8 Å². The van der Waals surface area contributed by atoms with E-state index >= 15 is 0 Å². The Labute approximate surface area is 172 Å². The van der Waals surface area contributed by atoms with Crippen LogP contribution in [0.5, 0.6) is 0 Å². The number of nitrogens with zero attached hydrogens (tertiary/aromatic N) is 6. The van der Waals surface area contributed by atoms with Crippen molar-refractivity contribution in [2.45, 2.75) is 46.3 Å². The van der Waals surface area contributed by atoms with Crippen LogP contribution < -0.4 is 0 Å². The van der Waals surface area contributed by atoms with Gasteiger partial charge in [-0.05, 0) is 37.5 Å². The van der Waals surface area contributed by atoms with Gasteiger partial charge in [0.05, 0.1) is 17.1 Å². The molecule has 0 N–H and O–H groups in total. The molecule has 0 unspecified atom stereocenters. The standard InChI is InChI=1S/C16H22N6.C4H6.Mn/c1-4-13-7-10-20(17-13)16(21-11-8-14(5-2)18-21)22-12-9-15(6-3)19-22;1-3-4-2;/h7-12,16H,4-6H2,1-3H3;3-4H,1-2H2;. The fourth-order valence-corrected chi connectivity index (χ4v) is 2.45. The molecule has 0 aliphatic carbocycles. The molecule has 0 fully saturated rings. The molecule has 0 aliphatic rings. The Morgan fingerprint density at radius 1 is 0.741 bits per heavy atom. The maximum absolute atomic E-state index is 4.65. The van der Waals surface area contributed by atoms with Crippen LogP contribution in [0, 0.1) is 0 Å². The molecule has 0 atom stereocenters. The van der Waals surface area contributed by atoms with Crippen molar-refractivity contribution in [2.24, 2.45) is 0 Å². The monoisotopic (exact) mass is 407 g/mol. The Morgan fingerprint density at radius 2 is 1.04 bits per heavy atom. The quantitative estimate of drug-likeness (QED) is 0.441. The van der Waals surface area contributed by atoms with E-state index in [0.717, 1.165) is 36.3 Å². The summed E-state index contributed by atoms with van der Waals surface area (Å²) in [5.41, 5.74) is 3.20. The smallest absolute Gasteiger partial charge is 0.227 e. The molecule has 27 heavy (non-hydrogen) atoms. The molecule has 0 bridgehead atoms. The summed E-state index contributed by atoms with van der Waals surface area (Å²) in [5.74, 6) is 0. The van der Waals surface area contributed by atoms with Crippen LogP contribution in [0.25, 0.3) is 0 Å². The Kier molecular flexibility index (Phi) is 9.54. The molecule has 7 heteroatoms. The minimum absolute atomic E-state index is 0. The molecule has 1 radical (unpaired) electrons. The van der Waals surface area contributed by atoms with Crippen LogP contribution in [-0.4, -0.2) is 29.3 Å². The maximum Gasteiger partial charge on any atom is 0.238 e. The van der Waals surface area contributed by atoms with E-state index in [0.29, 0.717) is 0 Å². The van der Waals surface area contributed by atoms with E-state index in [4.69, 9.17) is 0 Å². The third-order valence-corrected chi connectivity index (χ3v) is 3.95. The largest absolute Gasteiger partial charge is 0.238 e. The molecule has 145 valence electrons. The van der Waals surface area contributed by atoms with Crippen LogP contribution in [-0.2, 0) is 36.3 Å². The fraction of sp³-hybridized carbons (Fsp3) is 0.350. The van der Waals surface area contributed by atoms with Gasteiger partial charge in [-0.25, -0.2) is 14.0 Å². The topological polar surface area (TPSA) is 53.5 Å². The van der Waals surface area contributed by atoms with Gasteiger partial charge in [-0.15, -0.1) is 0 Å². The SMILES string of the molecule is C=CC=C.CCc1ccn(C(n2ccc(CC)n2)n2ccc(CC)n2)n1.[Mn]. The van der Waals surface area contributed by atoms with E-state index in [1.54, 1.807) is 12.2 Å². The third-order valence-electron chi connectivity index (χ3n) is 3.95. The van der Waals surface area contributed by atoms with Crippen molar-refractivity contribution in [3.8, 4) is 0 Å². The Hall–Kier alpha value is -2.37. The van der Waals surface area contributed by atoms with Crippen LogP contribution in [0.15, 0.2) is 62.1 Å². The van der Waals surface area contributed by atoms with E-state index in [2.05, 4.69) is 49.2 Å². The molecule has 0 aliphatic heterocycles. The van der Waals surface area contributed by atoms with Crippen molar-refractivity contribution in [3.05, 3.63) is 79.2 Å². The number of aromatic nitrogens is 6. The number of hydrogen-bond acceptors (Lipinski definition) is 3. The number of rotatable bonds is 7. The molecule has 6 nitrogen and oxygen atoms in total. The first kappa shape index (κ1) is 22.7. The van der Waals surface area contributed by atoms with Crippen LogP contribution in [0.2, 0.25) is 0 Å². The predicted molar refractivity (Wildman–Crippen MR) is 105 cm³/mol. The van der Waals surface area contributed by atoms with Gasteiger partial charge in [-0.1, -0.05) is 46.1 Å².